The zero-order valence-corrected chi connectivity index (χ0v) is 12.1. The van der Waals surface area contributed by atoms with Crippen molar-refractivity contribution in [2.45, 2.75) is 25.9 Å². The lowest BCUT2D eigenvalue weighted by molar-refractivity contribution is -0.125. The summed E-state index contributed by atoms with van der Waals surface area (Å²) < 4.78 is 19.1. The Balaban J connectivity index is 2.34. The summed E-state index contributed by atoms with van der Waals surface area (Å²) in [7, 11) is 0. The molecule has 0 radical (unpaired) electrons. The van der Waals surface area contributed by atoms with E-state index in [-0.39, 0.29) is 24.1 Å². The average Bonchev–Trinajstić information content (AvgIpc) is 2.46. The lowest BCUT2D eigenvalue weighted by Crippen LogP contribution is -2.55. The summed E-state index contributed by atoms with van der Waals surface area (Å²) in [5, 5.41) is 12.0. The second-order valence-electron chi connectivity index (χ2n) is 5.19. The van der Waals surface area contributed by atoms with Crippen molar-refractivity contribution in [3.63, 3.8) is 0 Å². The highest BCUT2D eigenvalue weighted by atomic mass is 19.1. The van der Waals surface area contributed by atoms with Gasteiger partial charge in [-0.15, -0.1) is 0 Å². The van der Waals surface area contributed by atoms with Crippen LogP contribution in [-0.2, 0) is 9.53 Å². The third kappa shape index (κ3) is 3.31. The highest BCUT2D eigenvalue weighted by Gasteiger charge is 2.31. The number of benzene rings is 1. The van der Waals surface area contributed by atoms with Crippen molar-refractivity contribution < 1.29 is 13.9 Å². The molecular weight excluding hydrogens is 273 g/mol. The molecule has 0 aromatic heterocycles. The molecule has 1 fully saturated rings. The number of amides is 1. The average molecular weight is 291 g/mol. The maximum absolute atomic E-state index is 13.8. The predicted molar refractivity (Wildman–Crippen MR) is 76.3 cm³/mol. The van der Waals surface area contributed by atoms with Gasteiger partial charge in [-0.1, -0.05) is 6.07 Å². The first-order chi connectivity index (χ1) is 10.0. The van der Waals surface area contributed by atoms with Gasteiger partial charge >= 0.3 is 0 Å². The molecule has 1 aromatic rings. The van der Waals surface area contributed by atoms with Crippen molar-refractivity contribution in [1.29, 1.82) is 5.26 Å². The van der Waals surface area contributed by atoms with E-state index >= 15 is 0 Å². The molecule has 1 aliphatic rings. The van der Waals surface area contributed by atoms with Crippen LogP contribution in [0.2, 0.25) is 0 Å². The summed E-state index contributed by atoms with van der Waals surface area (Å²) in [4.78, 5) is 14.0. The number of anilines is 1. The van der Waals surface area contributed by atoms with E-state index in [0.717, 1.165) is 0 Å². The van der Waals surface area contributed by atoms with Gasteiger partial charge in [0, 0.05) is 12.6 Å². The lowest BCUT2D eigenvalue weighted by Gasteiger charge is -2.37. The third-order valence-electron chi connectivity index (χ3n) is 3.27. The number of halogens is 1. The van der Waals surface area contributed by atoms with Gasteiger partial charge in [-0.25, -0.2) is 4.39 Å². The molecule has 0 bridgehead atoms. The zero-order valence-electron chi connectivity index (χ0n) is 12.1. The largest absolute Gasteiger partial charge is 0.377 e. The molecule has 1 aromatic carbocycles. The number of nitrogens with zero attached hydrogens (tertiary/aromatic N) is 2. The minimum absolute atomic E-state index is 0.00391. The number of morpholine rings is 1. The summed E-state index contributed by atoms with van der Waals surface area (Å²) >= 11 is 0. The quantitative estimate of drug-likeness (QED) is 0.915. The number of carbonyl (C=O) groups excluding carboxylic acids is 1. The molecule has 1 heterocycles. The van der Waals surface area contributed by atoms with Crippen molar-refractivity contribution >= 4 is 11.6 Å². The van der Waals surface area contributed by atoms with Crippen molar-refractivity contribution in [1.82, 2.24) is 5.32 Å². The lowest BCUT2D eigenvalue weighted by atomic mass is 10.1. The molecule has 21 heavy (non-hydrogen) atoms. The van der Waals surface area contributed by atoms with Crippen molar-refractivity contribution in [2.75, 3.05) is 24.7 Å². The molecule has 1 aliphatic heterocycles. The summed E-state index contributed by atoms with van der Waals surface area (Å²) in [6.45, 7) is 4.84. The van der Waals surface area contributed by atoms with E-state index in [2.05, 4.69) is 5.32 Å². The number of ether oxygens (including phenoxy) is 1. The summed E-state index contributed by atoms with van der Waals surface area (Å²) in [5.74, 6) is -0.762. The smallest absolute Gasteiger partial charge is 0.245 e. The Morgan fingerprint density at radius 2 is 2.33 bits per heavy atom. The van der Waals surface area contributed by atoms with Crippen LogP contribution < -0.4 is 10.2 Å². The second-order valence-corrected chi connectivity index (χ2v) is 5.19. The van der Waals surface area contributed by atoms with E-state index in [4.69, 9.17) is 10.00 Å². The highest BCUT2D eigenvalue weighted by molar-refractivity contribution is 5.86. The van der Waals surface area contributed by atoms with Crippen LogP contribution in [0.1, 0.15) is 19.4 Å². The molecular formula is C15H18FN3O2. The first-order valence-corrected chi connectivity index (χ1v) is 6.88. The van der Waals surface area contributed by atoms with E-state index in [1.807, 2.05) is 19.9 Å². The van der Waals surface area contributed by atoms with Crippen LogP contribution in [0.4, 0.5) is 10.1 Å². The van der Waals surface area contributed by atoms with Crippen LogP contribution in [0.5, 0.6) is 0 Å². The fourth-order valence-corrected chi connectivity index (χ4v) is 2.35. The molecule has 2 rings (SSSR count). The van der Waals surface area contributed by atoms with Crippen LogP contribution in [0.15, 0.2) is 18.2 Å². The second kappa shape index (κ2) is 6.55. The Hall–Kier alpha value is -2.13. The monoisotopic (exact) mass is 291 g/mol. The summed E-state index contributed by atoms with van der Waals surface area (Å²) in [5.41, 5.74) is 0.395. The maximum Gasteiger partial charge on any atom is 0.245 e. The molecule has 1 unspecified atom stereocenters. The minimum atomic E-state index is -0.579. The summed E-state index contributed by atoms with van der Waals surface area (Å²) in [6, 6.07) is 5.75. The van der Waals surface area contributed by atoms with Gasteiger partial charge in [-0.2, -0.15) is 5.26 Å². The standard InChI is InChI=1S/C15H18FN3O2/c1-10(2)18-15(20)14-9-21-7-6-19(14)13-5-3-4-12(16)11(13)8-17/h3-5,10,14H,6-7,9H2,1-2H3,(H,18,20). The van der Waals surface area contributed by atoms with Crippen molar-refractivity contribution in [3.05, 3.63) is 29.6 Å². The molecule has 5 nitrogen and oxygen atoms in total. The number of carbonyl (C=O) groups is 1. The molecule has 6 heteroatoms. The molecule has 0 aliphatic carbocycles. The van der Waals surface area contributed by atoms with E-state index < -0.39 is 11.9 Å². The van der Waals surface area contributed by atoms with Gasteiger partial charge < -0.3 is 15.0 Å². The Morgan fingerprint density at radius 1 is 1.57 bits per heavy atom. The van der Waals surface area contributed by atoms with E-state index in [1.165, 1.54) is 6.07 Å². The molecule has 1 saturated heterocycles. The Labute approximate surface area is 123 Å². The van der Waals surface area contributed by atoms with Gasteiger partial charge in [0.25, 0.3) is 0 Å². The normalized spacial score (nSPS) is 18.4. The number of nitriles is 1. The van der Waals surface area contributed by atoms with Crippen molar-refractivity contribution in [3.8, 4) is 6.07 Å². The van der Waals surface area contributed by atoms with Crippen LogP contribution in [0.3, 0.4) is 0 Å². The molecule has 112 valence electrons. The van der Waals surface area contributed by atoms with E-state index in [0.29, 0.717) is 18.8 Å². The molecule has 0 saturated carbocycles. The van der Waals surface area contributed by atoms with Gasteiger partial charge in [-0.3, -0.25) is 4.79 Å². The van der Waals surface area contributed by atoms with E-state index in [9.17, 15) is 9.18 Å². The number of rotatable bonds is 3. The fraction of sp³-hybridized carbons (Fsp3) is 0.467. The van der Waals surface area contributed by atoms with Crippen LogP contribution in [0.25, 0.3) is 0 Å². The third-order valence-corrected chi connectivity index (χ3v) is 3.27. The van der Waals surface area contributed by atoms with Gasteiger partial charge in [0.1, 0.15) is 23.5 Å². The van der Waals surface area contributed by atoms with Crippen LogP contribution in [0, 0.1) is 17.1 Å². The Morgan fingerprint density at radius 3 is 3.00 bits per heavy atom. The number of hydrogen-bond donors (Lipinski definition) is 1. The zero-order chi connectivity index (χ0) is 15.4. The summed E-state index contributed by atoms with van der Waals surface area (Å²) in [6.07, 6.45) is 0. The minimum Gasteiger partial charge on any atom is -0.377 e. The van der Waals surface area contributed by atoms with Gasteiger partial charge in [-0.05, 0) is 26.0 Å². The number of nitrogens with one attached hydrogen (secondary N) is 1. The van der Waals surface area contributed by atoms with Crippen LogP contribution >= 0.6 is 0 Å². The van der Waals surface area contributed by atoms with Gasteiger partial charge in [0.15, 0.2) is 0 Å². The number of hydrogen-bond acceptors (Lipinski definition) is 4. The molecule has 1 N–H and O–H groups in total. The van der Waals surface area contributed by atoms with Gasteiger partial charge in [0.2, 0.25) is 5.91 Å². The Kier molecular flexibility index (Phi) is 4.76. The fourth-order valence-electron chi connectivity index (χ4n) is 2.35. The molecule has 1 amide bonds. The predicted octanol–water partition coefficient (Wildman–Crippen LogP) is 1.43. The first-order valence-electron chi connectivity index (χ1n) is 6.88. The highest BCUT2D eigenvalue weighted by Crippen LogP contribution is 2.26. The SMILES string of the molecule is CC(C)NC(=O)C1COCCN1c1cccc(F)c1C#N. The maximum atomic E-state index is 13.8. The Bertz CT molecular complexity index is 569. The topological polar surface area (TPSA) is 65.4 Å². The van der Waals surface area contributed by atoms with Crippen molar-refractivity contribution in [2.24, 2.45) is 0 Å². The molecule has 0 spiro atoms. The van der Waals surface area contributed by atoms with E-state index in [1.54, 1.807) is 17.0 Å². The first kappa shape index (κ1) is 15.3. The van der Waals surface area contributed by atoms with Gasteiger partial charge in [0.05, 0.1) is 18.9 Å². The molecule has 1 atom stereocenters. The van der Waals surface area contributed by atoms with Crippen LogP contribution in [-0.4, -0.2) is 37.7 Å².